The lowest BCUT2D eigenvalue weighted by molar-refractivity contribution is 0.315. The molecule has 2 rings (SSSR count). The van der Waals surface area contributed by atoms with Gasteiger partial charge >= 0.3 is 0 Å². The van der Waals surface area contributed by atoms with E-state index in [-0.39, 0.29) is 0 Å². The molecule has 0 aromatic carbocycles. The van der Waals surface area contributed by atoms with Crippen molar-refractivity contribution in [2.45, 2.75) is 25.9 Å². The molecule has 90 valence electrons. The van der Waals surface area contributed by atoms with Gasteiger partial charge < -0.3 is 14.3 Å². The predicted octanol–water partition coefficient (Wildman–Crippen LogP) is 1.39. The van der Waals surface area contributed by atoms with Crippen molar-refractivity contribution in [3.05, 3.63) is 37.4 Å². The van der Waals surface area contributed by atoms with Gasteiger partial charge in [-0.3, -0.25) is 0 Å². The first-order valence-electron chi connectivity index (χ1n) is 5.50. The number of oxime groups is 1. The molecule has 0 fully saturated rings. The highest BCUT2D eigenvalue weighted by Crippen LogP contribution is 2.00. The Morgan fingerprint density at radius 1 is 1.00 bits per heavy atom. The minimum Gasteiger partial charge on any atom is -0.411 e. The summed E-state index contributed by atoms with van der Waals surface area (Å²) in [6.45, 7) is 1.56. The molecule has 0 unspecified atom stereocenters. The standard InChI is InChI=1S/C11H15N5O/c17-14-11(1-5-15-7-3-12-9-15)2-6-16-8-4-13-10-16/h3-4,7-10,17H,1-2,5-6H2. The zero-order chi connectivity index (χ0) is 11.9. The average Bonchev–Trinajstić information content (AvgIpc) is 3.02. The van der Waals surface area contributed by atoms with Crippen LogP contribution in [0.15, 0.2) is 42.6 Å². The summed E-state index contributed by atoms with van der Waals surface area (Å²) < 4.78 is 3.92. The molecular weight excluding hydrogens is 218 g/mol. The third-order valence-electron chi connectivity index (χ3n) is 2.58. The Morgan fingerprint density at radius 2 is 1.53 bits per heavy atom. The molecule has 0 saturated heterocycles. The van der Waals surface area contributed by atoms with Crippen molar-refractivity contribution < 1.29 is 5.21 Å². The molecule has 0 radical (unpaired) electrons. The first kappa shape index (κ1) is 11.4. The van der Waals surface area contributed by atoms with Crippen LogP contribution in [-0.4, -0.2) is 30.0 Å². The van der Waals surface area contributed by atoms with Gasteiger partial charge in [0.2, 0.25) is 0 Å². The lowest BCUT2D eigenvalue weighted by atomic mass is 10.2. The summed E-state index contributed by atoms with van der Waals surface area (Å²) in [7, 11) is 0. The average molecular weight is 233 g/mol. The second kappa shape index (κ2) is 5.83. The molecule has 0 amide bonds. The van der Waals surface area contributed by atoms with Gasteiger partial charge in [-0.05, 0) is 0 Å². The third kappa shape index (κ3) is 3.44. The molecule has 6 heteroatoms. The number of aryl methyl sites for hydroxylation is 2. The van der Waals surface area contributed by atoms with Gasteiger partial charge in [-0.1, -0.05) is 5.16 Å². The molecular formula is C11H15N5O. The summed E-state index contributed by atoms with van der Waals surface area (Å²) >= 11 is 0. The van der Waals surface area contributed by atoms with Crippen molar-refractivity contribution in [2.75, 3.05) is 0 Å². The van der Waals surface area contributed by atoms with E-state index in [1.807, 2.05) is 21.5 Å². The summed E-state index contributed by atoms with van der Waals surface area (Å²) in [5.41, 5.74) is 0.785. The number of hydrogen-bond acceptors (Lipinski definition) is 4. The van der Waals surface area contributed by atoms with E-state index in [9.17, 15) is 0 Å². The molecule has 1 N–H and O–H groups in total. The summed E-state index contributed by atoms with van der Waals surface area (Å²) in [5, 5.41) is 12.3. The van der Waals surface area contributed by atoms with Crippen molar-refractivity contribution >= 4 is 5.71 Å². The van der Waals surface area contributed by atoms with Crippen LogP contribution in [0.1, 0.15) is 12.8 Å². The molecule has 0 bridgehead atoms. The van der Waals surface area contributed by atoms with Gasteiger partial charge in [0.1, 0.15) is 0 Å². The maximum Gasteiger partial charge on any atom is 0.0946 e. The van der Waals surface area contributed by atoms with Crippen molar-refractivity contribution in [3.63, 3.8) is 0 Å². The summed E-state index contributed by atoms with van der Waals surface area (Å²) in [6, 6.07) is 0. The van der Waals surface area contributed by atoms with Gasteiger partial charge in [-0.2, -0.15) is 0 Å². The maximum atomic E-state index is 8.92. The SMILES string of the molecule is ON=C(CCn1ccnc1)CCn1ccnc1. The fraction of sp³-hybridized carbons (Fsp3) is 0.364. The van der Waals surface area contributed by atoms with Crippen LogP contribution in [0.25, 0.3) is 0 Å². The van der Waals surface area contributed by atoms with E-state index in [1.54, 1.807) is 25.0 Å². The maximum absolute atomic E-state index is 8.92. The lowest BCUT2D eigenvalue weighted by Gasteiger charge is -2.05. The molecule has 17 heavy (non-hydrogen) atoms. The molecule has 0 aliphatic rings. The van der Waals surface area contributed by atoms with Gasteiger partial charge in [-0.25, -0.2) is 9.97 Å². The Kier molecular flexibility index (Phi) is 3.90. The first-order valence-corrected chi connectivity index (χ1v) is 5.50. The van der Waals surface area contributed by atoms with E-state index >= 15 is 0 Å². The molecule has 2 heterocycles. The normalized spacial score (nSPS) is 10.4. The molecule has 0 saturated carbocycles. The van der Waals surface area contributed by atoms with E-state index in [0.717, 1.165) is 31.6 Å². The minimum absolute atomic E-state index is 0.724. The number of nitrogens with zero attached hydrogens (tertiary/aromatic N) is 5. The van der Waals surface area contributed by atoms with Gasteiger partial charge in [0.25, 0.3) is 0 Å². The van der Waals surface area contributed by atoms with Crippen molar-refractivity contribution in [1.82, 2.24) is 19.1 Å². The van der Waals surface area contributed by atoms with Crippen LogP contribution in [0.5, 0.6) is 0 Å². The largest absolute Gasteiger partial charge is 0.411 e. The van der Waals surface area contributed by atoms with E-state index in [0.29, 0.717) is 0 Å². The highest BCUT2D eigenvalue weighted by molar-refractivity contribution is 5.83. The van der Waals surface area contributed by atoms with Gasteiger partial charge in [0.05, 0.1) is 18.4 Å². The zero-order valence-electron chi connectivity index (χ0n) is 9.48. The second-order valence-corrected chi connectivity index (χ2v) is 3.77. The number of rotatable bonds is 6. The summed E-state index contributed by atoms with van der Waals surface area (Å²) in [4.78, 5) is 7.92. The number of imidazole rings is 2. The molecule has 0 aliphatic heterocycles. The number of hydrogen-bond donors (Lipinski definition) is 1. The predicted molar refractivity (Wildman–Crippen MR) is 62.9 cm³/mol. The number of aromatic nitrogens is 4. The van der Waals surface area contributed by atoms with E-state index < -0.39 is 0 Å². The van der Waals surface area contributed by atoms with Gasteiger partial charge in [0.15, 0.2) is 0 Å². The van der Waals surface area contributed by atoms with E-state index in [4.69, 9.17) is 5.21 Å². The zero-order valence-corrected chi connectivity index (χ0v) is 9.48. The van der Waals surface area contributed by atoms with E-state index in [1.165, 1.54) is 0 Å². The van der Waals surface area contributed by atoms with Crippen molar-refractivity contribution in [1.29, 1.82) is 0 Å². The highest BCUT2D eigenvalue weighted by Gasteiger charge is 2.02. The third-order valence-corrected chi connectivity index (χ3v) is 2.58. The molecule has 6 nitrogen and oxygen atoms in total. The van der Waals surface area contributed by atoms with Crippen LogP contribution in [0.4, 0.5) is 0 Å². The lowest BCUT2D eigenvalue weighted by Crippen LogP contribution is -2.08. The summed E-state index contributed by atoms with van der Waals surface area (Å²) in [6.07, 6.45) is 12.2. The van der Waals surface area contributed by atoms with E-state index in [2.05, 4.69) is 15.1 Å². The summed E-state index contributed by atoms with van der Waals surface area (Å²) in [5.74, 6) is 0. The fourth-order valence-corrected chi connectivity index (χ4v) is 1.58. The first-order chi connectivity index (χ1) is 8.38. The van der Waals surface area contributed by atoms with Crippen LogP contribution >= 0.6 is 0 Å². The molecule has 2 aromatic heterocycles. The molecule has 0 atom stereocenters. The Morgan fingerprint density at radius 3 is 1.88 bits per heavy atom. The van der Waals surface area contributed by atoms with Crippen molar-refractivity contribution in [3.8, 4) is 0 Å². The van der Waals surface area contributed by atoms with Crippen LogP contribution < -0.4 is 0 Å². The van der Waals surface area contributed by atoms with Crippen LogP contribution in [0.3, 0.4) is 0 Å². The van der Waals surface area contributed by atoms with Crippen molar-refractivity contribution in [2.24, 2.45) is 5.16 Å². The monoisotopic (exact) mass is 233 g/mol. The minimum atomic E-state index is 0.724. The quantitative estimate of drug-likeness (QED) is 0.465. The van der Waals surface area contributed by atoms with Crippen LogP contribution in [0.2, 0.25) is 0 Å². The smallest absolute Gasteiger partial charge is 0.0946 e. The Bertz CT molecular complexity index is 406. The Balaban J connectivity index is 1.77. The molecule has 0 spiro atoms. The van der Waals surface area contributed by atoms with Crippen LogP contribution in [0, 0.1) is 0 Å². The Hall–Kier alpha value is -2.11. The molecule has 0 aliphatic carbocycles. The van der Waals surface area contributed by atoms with Gasteiger partial charge in [-0.15, -0.1) is 0 Å². The Labute approximate surface area is 99.2 Å². The van der Waals surface area contributed by atoms with Crippen LogP contribution in [-0.2, 0) is 13.1 Å². The van der Waals surface area contributed by atoms with Gasteiger partial charge in [0, 0.05) is 50.7 Å². The molecule has 2 aromatic rings. The highest BCUT2D eigenvalue weighted by atomic mass is 16.4. The topological polar surface area (TPSA) is 68.2 Å². The second-order valence-electron chi connectivity index (χ2n) is 3.77. The fourth-order valence-electron chi connectivity index (χ4n) is 1.58.